The van der Waals surface area contributed by atoms with Crippen LogP contribution in [0.2, 0.25) is 4.34 Å². The van der Waals surface area contributed by atoms with E-state index in [2.05, 4.69) is 23.7 Å². The van der Waals surface area contributed by atoms with Gasteiger partial charge in [0.25, 0.3) is 0 Å². The summed E-state index contributed by atoms with van der Waals surface area (Å²) in [5.41, 5.74) is 1.35. The second-order valence-electron chi connectivity index (χ2n) is 3.55. The van der Waals surface area contributed by atoms with Gasteiger partial charge in [-0.3, -0.25) is 0 Å². The fraction of sp³-hybridized carbons (Fsp3) is 0.600. The molecule has 1 aliphatic heterocycles. The summed E-state index contributed by atoms with van der Waals surface area (Å²) in [6.45, 7) is 2.24. The molecule has 4 heteroatoms. The lowest BCUT2D eigenvalue weighted by molar-refractivity contribution is 0.467. The van der Waals surface area contributed by atoms with Crippen molar-refractivity contribution in [2.45, 2.75) is 25.4 Å². The average molecular weight is 248 g/mol. The Morgan fingerprint density at radius 2 is 2.43 bits per heavy atom. The number of hydrogen-bond acceptors (Lipinski definition) is 3. The van der Waals surface area contributed by atoms with Gasteiger partial charge in [-0.2, -0.15) is 11.8 Å². The Morgan fingerprint density at radius 3 is 3.07 bits per heavy atom. The minimum absolute atomic E-state index is 0.502. The maximum atomic E-state index is 5.93. The van der Waals surface area contributed by atoms with Gasteiger partial charge in [-0.1, -0.05) is 18.5 Å². The molecular weight excluding hydrogens is 234 g/mol. The molecule has 78 valence electrons. The van der Waals surface area contributed by atoms with E-state index in [0.717, 1.165) is 4.34 Å². The summed E-state index contributed by atoms with van der Waals surface area (Å²) >= 11 is 9.60. The van der Waals surface area contributed by atoms with E-state index in [1.807, 2.05) is 11.8 Å². The lowest BCUT2D eigenvalue weighted by Gasteiger charge is -2.29. The SMILES string of the molecule is CCC1CSCC(c2csc(Cl)c2)N1. The van der Waals surface area contributed by atoms with Gasteiger partial charge in [0, 0.05) is 23.6 Å². The average Bonchev–Trinajstić information content (AvgIpc) is 2.65. The Morgan fingerprint density at radius 1 is 1.57 bits per heavy atom. The van der Waals surface area contributed by atoms with Crippen LogP contribution >= 0.6 is 34.7 Å². The van der Waals surface area contributed by atoms with Gasteiger partial charge >= 0.3 is 0 Å². The van der Waals surface area contributed by atoms with E-state index in [0.29, 0.717) is 12.1 Å². The summed E-state index contributed by atoms with van der Waals surface area (Å²) in [5, 5.41) is 5.83. The minimum atomic E-state index is 0.502. The number of halogens is 1. The Balaban J connectivity index is 2.04. The molecule has 1 aliphatic rings. The van der Waals surface area contributed by atoms with E-state index < -0.39 is 0 Å². The highest BCUT2D eigenvalue weighted by Crippen LogP contribution is 2.30. The molecule has 1 fully saturated rings. The zero-order valence-corrected chi connectivity index (χ0v) is 10.5. The normalized spacial score (nSPS) is 27.9. The molecule has 1 saturated heterocycles. The van der Waals surface area contributed by atoms with E-state index >= 15 is 0 Å². The van der Waals surface area contributed by atoms with Crippen LogP contribution in [0, 0.1) is 0 Å². The van der Waals surface area contributed by atoms with E-state index in [-0.39, 0.29) is 0 Å². The summed E-state index contributed by atoms with van der Waals surface area (Å²) < 4.78 is 0.894. The molecule has 1 aromatic rings. The van der Waals surface area contributed by atoms with Gasteiger partial charge in [0.2, 0.25) is 0 Å². The minimum Gasteiger partial charge on any atom is -0.306 e. The lowest BCUT2D eigenvalue weighted by Crippen LogP contribution is -2.39. The predicted octanol–water partition coefficient (Wildman–Crippen LogP) is 3.56. The molecule has 0 saturated carbocycles. The maximum Gasteiger partial charge on any atom is 0.0931 e. The van der Waals surface area contributed by atoms with Crippen LogP contribution in [0.5, 0.6) is 0 Å². The molecule has 0 radical (unpaired) electrons. The molecule has 1 aromatic heterocycles. The van der Waals surface area contributed by atoms with Crippen LogP contribution in [-0.4, -0.2) is 17.5 Å². The van der Waals surface area contributed by atoms with Gasteiger partial charge in [0.15, 0.2) is 0 Å². The highest BCUT2D eigenvalue weighted by Gasteiger charge is 2.21. The molecule has 0 bridgehead atoms. The molecule has 0 spiro atoms. The van der Waals surface area contributed by atoms with E-state index in [1.165, 1.54) is 23.5 Å². The Kier molecular flexibility index (Phi) is 3.77. The molecule has 0 aromatic carbocycles. The Labute approximate surface area is 98.2 Å². The second-order valence-corrected chi connectivity index (χ2v) is 6.16. The number of rotatable bonds is 2. The fourth-order valence-corrected chi connectivity index (χ4v) is 3.86. The summed E-state index contributed by atoms with van der Waals surface area (Å²) in [6, 6.07) is 3.25. The number of thioether (sulfide) groups is 1. The van der Waals surface area contributed by atoms with Crippen molar-refractivity contribution in [3.63, 3.8) is 0 Å². The van der Waals surface area contributed by atoms with E-state index in [4.69, 9.17) is 11.6 Å². The molecule has 0 amide bonds. The smallest absolute Gasteiger partial charge is 0.0931 e. The van der Waals surface area contributed by atoms with Crippen molar-refractivity contribution in [1.29, 1.82) is 0 Å². The molecular formula is C10H14ClNS2. The van der Waals surface area contributed by atoms with Gasteiger partial charge in [-0.25, -0.2) is 0 Å². The van der Waals surface area contributed by atoms with E-state index in [1.54, 1.807) is 11.3 Å². The van der Waals surface area contributed by atoms with Gasteiger partial charge < -0.3 is 5.32 Å². The van der Waals surface area contributed by atoms with Gasteiger partial charge in [-0.05, 0) is 23.4 Å². The molecule has 2 atom stereocenters. The molecule has 0 aliphatic carbocycles. The first kappa shape index (κ1) is 10.8. The third-order valence-corrected chi connectivity index (χ3v) is 4.84. The molecule has 1 N–H and O–H groups in total. The highest BCUT2D eigenvalue weighted by atomic mass is 35.5. The topological polar surface area (TPSA) is 12.0 Å². The Bertz CT molecular complexity index is 300. The van der Waals surface area contributed by atoms with Crippen molar-refractivity contribution in [2.75, 3.05) is 11.5 Å². The number of thiophene rings is 1. The van der Waals surface area contributed by atoms with Crippen LogP contribution in [0.1, 0.15) is 24.9 Å². The zero-order chi connectivity index (χ0) is 9.97. The first-order valence-electron chi connectivity index (χ1n) is 4.87. The van der Waals surface area contributed by atoms with Crippen LogP contribution in [0.4, 0.5) is 0 Å². The van der Waals surface area contributed by atoms with Gasteiger partial charge in [-0.15, -0.1) is 11.3 Å². The largest absolute Gasteiger partial charge is 0.306 e. The second kappa shape index (κ2) is 4.88. The monoisotopic (exact) mass is 247 g/mol. The fourth-order valence-electron chi connectivity index (χ4n) is 1.64. The summed E-state index contributed by atoms with van der Waals surface area (Å²) in [7, 11) is 0. The summed E-state index contributed by atoms with van der Waals surface area (Å²) in [5.74, 6) is 2.41. The third kappa shape index (κ3) is 2.45. The maximum absolute atomic E-state index is 5.93. The van der Waals surface area contributed by atoms with Gasteiger partial charge in [0.1, 0.15) is 0 Å². The molecule has 2 rings (SSSR count). The van der Waals surface area contributed by atoms with Crippen molar-refractivity contribution in [2.24, 2.45) is 0 Å². The first-order valence-corrected chi connectivity index (χ1v) is 7.28. The van der Waals surface area contributed by atoms with Crippen LogP contribution in [0.25, 0.3) is 0 Å². The van der Waals surface area contributed by atoms with Crippen molar-refractivity contribution in [3.8, 4) is 0 Å². The van der Waals surface area contributed by atoms with Crippen LogP contribution in [0.15, 0.2) is 11.4 Å². The molecule has 2 unspecified atom stereocenters. The van der Waals surface area contributed by atoms with E-state index in [9.17, 15) is 0 Å². The van der Waals surface area contributed by atoms with Crippen molar-refractivity contribution in [3.05, 3.63) is 21.3 Å². The summed E-state index contributed by atoms with van der Waals surface area (Å²) in [6.07, 6.45) is 1.21. The third-order valence-electron chi connectivity index (χ3n) is 2.52. The number of nitrogens with one attached hydrogen (secondary N) is 1. The van der Waals surface area contributed by atoms with Crippen molar-refractivity contribution < 1.29 is 0 Å². The Hall–Kier alpha value is 0.300. The first-order chi connectivity index (χ1) is 6.79. The van der Waals surface area contributed by atoms with Crippen LogP contribution in [0.3, 0.4) is 0 Å². The van der Waals surface area contributed by atoms with Gasteiger partial charge in [0.05, 0.1) is 4.34 Å². The van der Waals surface area contributed by atoms with Crippen molar-refractivity contribution >= 4 is 34.7 Å². The molecule has 2 heterocycles. The van der Waals surface area contributed by atoms with Crippen LogP contribution in [-0.2, 0) is 0 Å². The standard InChI is InChI=1S/C10H14ClNS2/c1-2-8-5-13-6-9(12-8)7-3-10(11)14-4-7/h3-4,8-9,12H,2,5-6H2,1H3. The number of hydrogen-bond donors (Lipinski definition) is 1. The molecule has 14 heavy (non-hydrogen) atoms. The quantitative estimate of drug-likeness (QED) is 0.858. The van der Waals surface area contributed by atoms with Crippen LogP contribution < -0.4 is 5.32 Å². The van der Waals surface area contributed by atoms with Crippen molar-refractivity contribution in [1.82, 2.24) is 5.32 Å². The predicted molar refractivity (Wildman–Crippen MR) is 66.6 cm³/mol. The zero-order valence-electron chi connectivity index (χ0n) is 8.13. The highest BCUT2D eigenvalue weighted by molar-refractivity contribution is 7.99. The lowest BCUT2D eigenvalue weighted by atomic mass is 10.1. The molecule has 1 nitrogen and oxygen atoms in total. The summed E-state index contributed by atoms with van der Waals surface area (Å²) in [4.78, 5) is 0.